The molecule has 0 rings (SSSR count). The van der Waals surface area contributed by atoms with Crippen molar-refractivity contribution in [2.45, 2.75) is 58.3 Å². The van der Waals surface area contributed by atoms with Crippen LogP contribution in [0.25, 0.3) is 0 Å². The molecule has 0 aromatic heterocycles. The summed E-state index contributed by atoms with van der Waals surface area (Å²) in [5, 5.41) is 0. The number of rotatable bonds is 8. The number of unbranched alkanes of at least 4 members (excludes halogenated alkanes) is 7. The molecule has 0 aliphatic rings. The molecule has 0 fully saturated rings. The van der Waals surface area contributed by atoms with Crippen molar-refractivity contribution in [1.29, 1.82) is 0 Å². The van der Waals surface area contributed by atoms with Gasteiger partial charge in [0.25, 0.3) is 0 Å². The molecule has 0 saturated heterocycles. The summed E-state index contributed by atoms with van der Waals surface area (Å²) in [6, 6.07) is 0. The fourth-order valence-corrected chi connectivity index (χ4v) is 1.38. The van der Waals surface area contributed by atoms with Crippen molar-refractivity contribution in [3.63, 3.8) is 0 Å². The Kier molecular flexibility index (Phi) is 10.7. The highest BCUT2D eigenvalue weighted by atomic mass is 32.1. The van der Waals surface area contributed by atoms with Gasteiger partial charge in [-0.1, -0.05) is 51.9 Å². The summed E-state index contributed by atoms with van der Waals surface area (Å²) in [6.07, 6.45) is 10.9. The van der Waals surface area contributed by atoms with E-state index < -0.39 is 0 Å². The molecule has 0 aliphatic heterocycles. The molecule has 0 atom stereocenters. The molecule has 1 radical (unpaired) electrons. The van der Waals surface area contributed by atoms with Gasteiger partial charge in [-0.15, -0.1) is 0 Å². The highest BCUT2D eigenvalue weighted by Crippen LogP contribution is 2.09. The standard InChI is InChI=1S/C10H21S/c1-2-3-4-5-6-7-8-9-10-11/h10-11H,2-9H2,1H3. The molecule has 0 spiro atoms. The third-order valence-corrected chi connectivity index (χ3v) is 2.19. The highest BCUT2D eigenvalue weighted by Gasteiger charge is 1.89. The quantitative estimate of drug-likeness (QED) is 0.412. The average Bonchev–Trinajstić information content (AvgIpc) is 2.03. The number of thiol groups is 1. The third-order valence-electron chi connectivity index (χ3n) is 1.94. The van der Waals surface area contributed by atoms with Gasteiger partial charge in [0.15, 0.2) is 0 Å². The topological polar surface area (TPSA) is 0 Å². The van der Waals surface area contributed by atoms with Crippen LogP contribution in [0, 0.1) is 5.75 Å². The molecule has 67 valence electrons. The fraction of sp³-hybridized carbons (Fsp3) is 0.900. The molecular formula is C10H21S. The van der Waals surface area contributed by atoms with Crippen molar-refractivity contribution in [3.05, 3.63) is 5.75 Å². The molecule has 11 heavy (non-hydrogen) atoms. The van der Waals surface area contributed by atoms with Crippen LogP contribution in [0.15, 0.2) is 0 Å². The van der Waals surface area contributed by atoms with Gasteiger partial charge in [-0.3, -0.25) is 0 Å². The van der Waals surface area contributed by atoms with Gasteiger partial charge in [-0.05, 0) is 6.42 Å². The summed E-state index contributed by atoms with van der Waals surface area (Å²) >= 11 is 4.05. The summed E-state index contributed by atoms with van der Waals surface area (Å²) in [5.74, 6) is 1.96. The first-order chi connectivity index (χ1) is 5.41. The Balaban J connectivity index is 2.69. The minimum absolute atomic E-state index is 1.18. The van der Waals surface area contributed by atoms with E-state index in [0.717, 1.165) is 0 Å². The number of hydrogen-bond acceptors (Lipinski definition) is 1. The molecule has 0 N–H and O–H groups in total. The zero-order valence-corrected chi connectivity index (χ0v) is 8.58. The first kappa shape index (κ1) is 11.4. The maximum absolute atomic E-state index is 4.05. The van der Waals surface area contributed by atoms with E-state index in [0.29, 0.717) is 0 Å². The second-order valence-corrected chi connectivity index (χ2v) is 3.46. The lowest BCUT2D eigenvalue weighted by Gasteiger charge is -1.98. The second kappa shape index (κ2) is 10.3. The number of hydrogen-bond donors (Lipinski definition) is 1. The predicted octanol–water partition coefficient (Wildman–Crippen LogP) is 4.22. The normalized spacial score (nSPS) is 10.4. The van der Waals surface area contributed by atoms with Crippen LogP contribution in [-0.4, -0.2) is 0 Å². The average molecular weight is 173 g/mol. The van der Waals surface area contributed by atoms with Gasteiger partial charge in [0.2, 0.25) is 0 Å². The van der Waals surface area contributed by atoms with E-state index in [4.69, 9.17) is 0 Å². The van der Waals surface area contributed by atoms with Crippen LogP contribution in [0.2, 0.25) is 0 Å². The SMILES string of the molecule is CCCCCCCCC[CH]S. The Bertz CT molecular complexity index is 53.9. The van der Waals surface area contributed by atoms with Crippen LogP contribution in [0.3, 0.4) is 0 Å². The molecule has 0 amide bonds. The van der Waals surface area contributed by atoms with Gasteiger partial charge in [0.05, 0.1) is 0 Å². The van der Waals surface area contributed by atoms with Crippen molar-refractivity contribution in [2.75, 3.05) is 0 Å². The van der Waals surface area contributed by atoms with E-state index in [2.05, 4.69) is 19.6 Å². The van der Waals surface area contributed by atoms with Gasteiger partial charge in [-0.2, -0.15) is 12.6 Å². The van der Waals surface area contributed by atoms with Crippen LogP contribution in [0.1, 0.15) is 58.3 Å². The first-order valence-electron chi connectivity index (χ1n) is 4.87. The Labute approximate surface area is 77.2 Å². The minimum Gasteiger partial charge on any atom is -0.175 e. The minimum atomic E-state index is 1.18. The van der Waals surface area contributed by atoms with E-state index in [1.54, 1.807) is 0 Å². The Morgan fingerprint density at radius 3 is 2.00 bits per heavy atom. The highest BCUT2D eigenvalue weighted by molar-refractivity contribution is 7.82. The second-order valence-electron chi connectivity index (χ2n) is 3.09. The molecule has 0 heterocycles. The molecule has 0 nitrogen and oxygen atoms in total. The van der Waals surface area contributed by atoms with Gasteiger partial charge in [0.1, 0.15) is 0 Å². The van der Waals surface area contributed by atoms with E-state index >= 15 is 0 Å². The van der Waals surface area contributed by atoms with Gasteiger partial charge >= 0.3 is 0 Å². The molecular weight excluding hydrogens is 152 g/mol. The molecule has 0 aromatic carbocycles. The summed E-state index contributed by atoms with van der Waals surface area (Å²) in [4.78, 5) is 0. The lowest BCUT2D eigenvalue weighted by Crippen LogP contribution is -1.79. The summed E-state index contributed by atoms with van der Waals surface area (Å²) in [7, 11) is 0. The van der Waals surface area contributed by atoms with Crippen LogP contribution in [-0.2, 0) is 0 Å². The van der Waals surface area contributed by atoms with Gasteiger partial charge in [0, 0.05) is 5.75 Å². The lowest BCUT2D eigenvalue weighted by molar-refractivity contribution is 0.591. The maximum Gasteiger partial charge on any atom is 0.0133 e. The molecule has 0 bridgehead atoms. The van der Waals surface area contributed by atoms with Crippen LogP contribution >= 0.6 is 12.6 Å². The largest absolute Gasteiger partial charge is 0.175 e. The third kappa shape index (κ3) is 10.4. The van der Waals surface area contributed by atoms with Gasteiger partial charge < -0.3 is 0 Å². The van der Waals surface area contributed by atoms with E-state index in [-0.39, 0.29) is 0 Å². The smallest absolute Gasteiger partial charge is 0.0133 e. The molecule has 0 unspecified atom stereocenters. The zero-order valence-electron chi connectivity index (χ0n) is 7.68. The Morgan fingerprint density at radius 1 is 0.909 bits per heavy atom. The van der Waals surface area contributed by atoms with Crippen molar-refractivity contribution < 1.29 is 0 Å². The van der Waals surface area contributed by atoms with Gasteiger partial charge in [-0.25, -0.2) is 0 Å². The van der Waals surface area contributed by atoms with Crippen LogP contribution in [0.5, 0.6) is 0 Å². The maximum atomic E-state index is 4.05. The van der Waals surface area contributed by atoms with Crippen molar-refractivity contribution >= 4 is 12.6 Å². The first-order valence-corrected chi connectivity index (χ1v) is 5.39. The van der Waals surface area contributed by atoms with Crippen molar-refractivity contribution in [3.8, 4) is 0 Å². The van der Waals surface area contributed by atoms with Crippen molar-refractivity contribution in [2.24, 2.45) is 0 Å². The Morgan fingerprint density at radius 2 is 1.45 bits per heavy atom. The Hall–Kier alpha value is 0.350. The lowest BCUT2D eigenvalue weighted by atomic mass is 10.1. The monoisotopic (exact) mass is 173 g/mol. The zero-order chi connectivity index (χ0) is 8.36. The molecule has 1 heteroatoms. The van der Waals surface area contributed by atoms with Crippen molar-refractivity contribution in [1.82, 2.24) is 0 Å². The molecule has 0 aromatic rings. The fourth-order valence-electron chi connectivity index (χ4n) is 1.19. The van der Waals surface area contributed by atoms with Crippen LogP contribution in [0.4, 0.5) is 0 Å². The summed E-state index contributed by atoms with van der Waals surface area (Å²) in [5.41, 5.74) is 0. The summed E-state index contributed by atoms with van der Waals surface area (Å²) in [6.45, 7) is 2.26. The molecule has 0 saturated carbocycles. The van der Waals surface area contributed by atoms with E-state index in [9.17, 15) is 0 Å². The molecule has 0 aliphatic carbocycles. The van der Waals surface area contributed by atoms with E-state index in [1.165, 1.54) is 51.4 Å². The predicted molar refractivity (Wildman–Crippen MR) is 55.9 cm³/mol. The van der Waals surface area contributed by atoms with Crippen LogP contribution < -0.4 is 0 Å². The summed E-state index contributed by atoms with van der Waals surface area (Å²) < 4.78 is 0. The van der Waals surface area contributed by atoms with E-state index in [1.807, 2.05) is 5.75 Å².